The largest absolute Gasteiger partial charge is 0.487 e. The van der Waals surface area contributed by atoms with Crippen molar-refractivity contribution in [2.45, 2.75) is 38.1 Å². The Morgan fingerprint density at radius 3 is 2.74 bits per heavy atom. The van der Waals surface area contributed by atoms with Gasteiger partial charge in [-0.25, -0.2) is 0 Å². The summed E-state index contributed by atoms with van der Waals surface area (Å²) in [6.45, 7) is 2.27. The molecule has 1 N–H and O–H groups in total. The normalized spacial score (nSPS) is 21.5. The van der Waals surface area contributed by atoms with E-state index in [1.54, 1.807) is 0 Å². The molecule has 19 heavy (non-hydrogen) atoms. The smallest absolute Gasteiger partial charge is 0.422 e. The van der Waals surface area contributed by atoms with Gasteiger partial charge < -0.3 is 14.6 Å². The molecule has 6 heteroatoms. The number of aliphatic hydroxyl groups is 1. The molecule has 3 nitrogen and oxygen atoms in total. The monoisotopic (exact) mass is 276 g/mol. The van der Waals surface area contributed by atoms with Gasteiger partial charge in [0.25, 0.3) is 0 Å². The van der Waals surface area contributed by atoms with Crippen molar-refractivity contribution < 1.29 is 27.8 Å². The summed E-state index contributed by atoms with van der Waals surface area (Å²) in [6, 6.07) is 4.31. The highest BCUT2D eigenvalue weighted by molar-refractivity contribution is 5.43. The molecule has 0 fully saturated rings. The Bertz CT molecular complexity index is 469. The zero-order valence-electron chi connectivity index (χ0n) is 10.6. The second-order valence-electron chi connectivity index (χ2n) is 5.19. The zero-order chi connectivity index (χ0) is 14.3. The van der Waals surface area contributed by atoms with E-state index in [2.05, 4.69) is 4.74 Å². The van der Waals surface area contributed by atoms with Crippen molar-refractivity contribution >= 4 is 0 Å². The molecule has 1 aromatic rings. The summed E-state index contributed by atoms with van der Waals surface area (Å²) in [7, 11) is 0. The Morgan fingerprint density at radius 2 is 2.11 bits per heavy atom. The minimum atomic E-state index is -4.38. The number of aliphatic hydroxyl groups excluding tert-OH is 1. The lowest BCUT2D eigenvalue weighted by Crippen LogP contribution is -2.34. The molecular weight excluding hydrogens is 261 g/mol. The van der Waals surface area contributed by atoms with Crippen molar-refractivity contribution in [3.05, 3.63) is 23.8 Å². The lowest BCUT2D eigenvalue weighted by atomic mass is 9.92. The van der Waals surface area contributed by atoms with Gasteiger partial charge in [-0.15, -0.1) is 0 Å². The van der Waals surface area contributed by atoms with E-state index in [-0.39, 0.29) is 5.75 Å². The number of hydrogen-bond donors (Lipinski definition) is 1. The van der Waals surface area contributed by atoms with E-state index >= 15 is 0 Å². The number of rotatable bonds is 2. The summed E-state index contributed by atoms with van der Waals surface area (Å²) >= 11 is 0. The molecule has 1 unspecified atom stereocenters. The van der Waals surface area contributed by atoms with Gasteiger partial charge in [0.1, 0.15) is 17.1 Å². The number of halogens is 3. The summed E-state index contributed by atoms with van der Waals surface area (Å²) in [5.41, 5.74) is 0.00778. The van der Waals surface area contributed by atoms with Gasteiger partial charge in [0.15, 0.2) is 6.61 Å². The number of fused-ring (bicyclic) bond motifs is 1. The van der Waals surface area contributed by atoms with Crippen LogP contribution in [0.4, 0.5) is 13.2 Å². The molecule has 1 aromatic carbocycles. The second-order valence-corrected chi connectivity index (χ2v) is 5.19. The number of hydrogen-bond acceptors (Lipinski definition) is 3. The molecule has 0 saturated carbocycles. The van der Waals surface area contributed by atoms with Crippen LogP contribution in [0.3, 0.4) is 0 Å². The highest BCUT2D eigenvalue weighted by Gasteiger charge is 2.33. The van der Waals surface area contributed by atoms with E-state index < -0.39 is 24.5 Å². The maximum atomic E-state index is 12.1. The van der Waals surface area contributed by atoms with Gasteiger partial charge in [-0.1, -0.05) is 0 Å². The Morgan fingerprint density at radius 1 is 1.42 bits per heavy atom. The van der Waals surface area contributed by atoms with E-state index in [0.29, 0.717) is 17.7 Å². The Kier molecular flexibility index (Phi) is 3.38. The summed E-state index contributed by atoms with van der Waals surface area (Å²) in [6.07, 6.45) is -4.63. The molecule has 1 aliphatic rings. The van der Waals surface area contributed by atoms with Gasteiger partial charge in [-0.2, -0.15) is 13.2 Å². The van der Waals surface area contributed by atoms with Crippen LogP contribution in [0.1, 0.15) is 31.9 Å². The minimum absolute atomic E-state index is 0.0703. The highest BCUT2D eigenvalue weighted by Crippen LogP contribution is 2.41. The summed E-state index contributed by atoms with van der Waals surface area (Å²) in [4.78, 5) is 0. The van der Waals surface area contributed by atoms with Crippen LogP contribution in [-0.4, -0.2) is 23.5 Å². The zero-order valence-corrected chi connectivity index (χ0v) is 10.6. The summed E-state index contributed by atoms with van der Waals surface area (Å²) in [5, 5.41) is 9.95. The van der Waals surface area contributed by atoms with Gasteiger partial charge in [-0.3, -0.25) is 0 Å². The molecule has 1 aliphatic heterocycles. The topological polar surface area (TPSA) is 38.7 Å². The fourth-order valence-corrected chi connectivity index (χ4v) is 2.05. The molecule has 0 aromatic heterocycles. The molecule has 0 bridgehead atoms. The third-order valence-electron chi connectivity index (χ3n) is 2.82. The van der Waals surface area contributed by atoms with Crippen LogP contribution in [0.2, 0.25) is 0 Å². The molecular formula is C13H15F3O3. The van der Waals surface area contributed by atoms with Gasteiger partial charge in [0, 0.05) is 18.1 Å². The van der Waals surface area contributed by atoms with Crippen LogP contribution in [0.5, 0.6) is 11.5 Å². The van der Waals surface area contributed by atoms with Gasteiger partial charge in [0.05, 0.1) is 6.10 Å². The van der Waals surface area contributed by atoms with E-state index in [4.69, 9.17) is 4.74 Å². The van der Waals surface area contributed by atoms with Crippen LogP contribution in [0.25, 0.3) is 0 Å². The predicted molar refractivity (Wildman–Crippen MR) is 62.3 cm³/mol. The highest BCUT2D eigenvalue weighted by atomic mass is 19.4. The number of benzene rings is 1. The fraction of sp³-hybridized carbons (Fsp3) is 0.538. The van der Waals surface area contributed by atoms with Crippen LogP contribution in [0.15, 0.2) is 18.2 Å². The maximum absolute atomic E-state index is 12.1. The Balaban J connectivity index is 2.19. The van der Waals surface area contributed by atoms with Gasteiger partial charge in [-0.05, 0) is 26.0 Å². The van der Waals surface area contributed by atoms with Crippen molar-refractivity contribution in [1.29, 1.82) is 0 Å². The molecule has 0 spiro atoms. The fourth-order valence-electron chi connectivity index (χ4n) is 2.05. The van der Waals surface area contributed by atoms with E-state index in [0.717, 1.165) is 0 Å². The van der Waals surface area contributed by atoms with Gasteiger partial charge >= 0.3 is 6.18 Å². The standard InChI is InChI=1S/C13H15F3O3/c1-12(2)6-10(17)9-4-3-8(5-11(9)19-12)18-7-13(14,15)16/h3-5,10,17H,6-7H2,1-2H3. The molecule has 1 heterocycles. The third-order valence-corrected chi connectivity index (χ3v) is 2.82. The second kappa shape index (κ2) is 4.59. The van der Waals surface area contributed by atoms with Crippen molar-refractivity contribution in [2.24, 2.45) is 0 Å². The van der Waals surface area contributed by atoms with Crippen molar-refractivity contribution in [3.8, 4) is 11.5 Å². The maximum Gasteiger partial charge on any atom is 0.422 e. The van der Waals surface area contributed by atoms with Crippen LogP contribution in [-0.2, 0) is 0 Å². The van der Waals surface area contributed by atoms with Crippen molar-refractivity contribution in [1.82, 2.24) is 0 Å². The first-order chi connectivity index (χ1) is 8.66. The predicted octanol–water partition coefficient (Wildman–Crippen LogP) is 3.22. The average molecular weight is 276 g/mol. The van der Waals surface area contributed by atoms with Crippen molar-refractivity contribution in [2.75, 3.05) is 6.61 Å². The Hall–Kier alpha value is -1.43. The first kappa shape index (κ1) is 14.0. The summed E-state index contributed by atoms with van der Waals surface area (Å²) < 4.78 is 46.5. The minimum Gasteiger partial charge on any atom is -0.487 e. The molecule has 0 radical (unpaired) electrons. The van der Waals surface area contributed by atoms with Gasteiger partial charge in [0.2, 0.25) is 0 Å². The van der Waals surface area contributed by atoms with E-state index in [9.17, 15) is 18.3 Å². The Labute approximate surface area is 108 Å². The van der Waals surface area contributed by atoms with Crippen molar-refractivity contribution in [3.63, 3.8) is 0 Å². The lowest BCUT2D eigenvalue weighted by Gasteiger charge is -2.35. The molecule has 0 amide bonds. The number of ether oxygens (including phenoxy) is 2. The molecule has 0 aliphatic carbocycles. The van der Waals surface area contributed by atoms with Crippen LogP contribution < -0.4 is 9.47 Å². The number of alkyl halides is 3. The average Bonchev–Trinajstić information content (AvgIpc) is 2.23. The first-order valence-corrected chi connectivity index (χ1v) is 5.87. The van der Waals surface area contributed by atoms with E-state index in [1.165, 1.54) is 18.2 Å². The summed E-state index contributed by atoms with van der Waals surface area (Å²) in [5.74, 6) is 0.435. The first-order valence-electron chi connectivity index (χ1n) is 5.87. The molecule has 0 saturated heterocycles. The molecule has 106 valence electrons. The van der Waals surface area contributed by atoms with E-state index in [1.807, 2.05) is 13.8 Å². The lowest BCUT2D eigenvalue weighted by molar-refractivity contribution is -0.153. The SMILES string of the molecule is CC1(C)CC(O)c2ccc(OCC(F)(F)F)cc2O1. The molecule has 1 atom stereocenters. The molecule has 2 rings (SSSR count). The van der Waals surface area contributed by atoms with Crippen LogP contribution in [0, 0.1) is 0 Å². The quantitative estimate of drug-likeness (QED) is 0.901. The third kappa shape index (κ3) is 3.53. The van der Waals surface area contributed by atoms with Crippen LogP contribution >= 0.6 is 0 Å².